The van der Waals surface area contributed by atoms with E-state index in [0.29, 0.717) is 11.1 Å². The minimum atomic E-state index is -4.63. The number of aliphatic hydroxyl groups excluding tert-OH is 1. The fourth-order valence-electron chi connectivity index (χ4n) is 5.51. The van der Waals surface area contributed by atoms with Crippen molar-refractivity contribution < 1.29 is 56.4 Å². The standard InChI is InChI=1S/C24H25F3N2O9/c25-24(26,27)11-34-16(31)5-4-13-2-1-3-14(8-13)10-29-19-21(32)37-15-9-23(19,22(33)28-6-7-30)20(38-29)18-17(15)35-12-36-18/h1-5,8,15,17-20,30H,6-7,9-12H2,(H,28,33). The van der Waals surface area contributed by atoms with Gasteiger partial charge in [0, 0.05) is 19.0 Å². The number of esters is 2. The average molecular weight is 542 g/mol. The van der Waals surface area contributed by atoms with Crippen LogP contribution < -0.4 is 5.32 Å². The summed E-state index contributed by atoms with van der Waals surface area (Å²) in [6, 6.07) is 5.54. The molecule has 3 aliphatic heterocycles. The van der Waals surface area contributed by atoms with Gasteiger partial charge in [-0.05, 0) is 17.2 Å². The molecular weight excluding hydrogens is 517 g/mol. The summed E-state index contributed by atoms with van der Waals surface area (Å²) in [4.78, 5) is 44.4. The predicted molar refractivity (Wildman–Crippen MR) is 118 cm³/mol. The summed E-state index contributed by atoms with van der Waals surface area (Å²) >= 11 is 0. The molecule has 38 heavy (non-hydrogen) atoms. The molecule has 0 spiro atoms. The number of aliphatic hydroxyl groups is 1. The Morgan fingerprint density at radius 1 is 1.26 bits per heavy atom. The molecule has 3 heterocycles. The average Bonchev–Trinajstić information content (AvgIpc) is 3.49. The fourth-order valence-corrected chi connectivity index (χ4v) is 5.51. The third kappa shape index (κ3) is 4.89. The Balaban J connectivity index is 1.37. The van der Waals surface area contributed by atoms with Gasteiger partial charge in [-0.25, -0.2) is 4.79 Å². The molecule has 1 saturated carbocycles. The van der Waals surface area contributed by atoms with Gasteiger partial charge in [-0.1, -0.05) is 24.3 Å². The SMILES string of the molecule is O=C(C=Cc1cccc(CN2OC3C4OCOC4C4CC3(C(=O)NCCO)C2C(=O)O4)c1)OCC(F)(F)F. The minimum absolute atomic E-state index is 0.00895. The number of nitrogens with one attached hydrogen (secondary N) is 1. The van der Waals surface area contributed by atoms with Gasteiger partial charge in [0.15, 0.2) is 12.6 Å². The van der Waals surface area contributed by atoms with Crippen LogP contribution in [-0.2, 0) is 44.7 Å². The van der Waals surface area contributed by atoms with Gasteiger partial charge < -0.3 is 29.4 Å². The van der Waals surface area contributed by atoms with Crippen molar-refractivity contribution in [2.24, 2.45) is 5.41 Å². The highest BCUT2D eigenvalue weighted by molar-refractivity contribution is 5.93. The second-order valence-corrected chi connectivity index (χ2v) is 9.38. The van der Waals surface area contributed by atoms with E-state index in [1.165, 1.54) is 11.1 Å². The van der Waals surface area contributed by atoms with Crippen molar-refractivity contribution in [1.29, 1.82) is 0 Å². The Morgan fingerprint density at radius 3 is 2.82 bits per heavy atom. The number of carbonyl (C=O) groups excluding carboxylic acids is 3. The number of amides is 1. The molecule has 6 unspecified atom stereocenters. The van der Waals surface area contributed by atoms with Gasteiger partial charge in [0.2, 0.25) is 5.91 Å². The first-order valence-electron chi connectivity index (χ1n) is 11.9. The first-order chi connectivity index (χ1) is 18.1. The molecule has 1 aromatic carbocycles. The van der Waals surface area contributed by atoms with Gasteiger partial charge >= 0.3 is 18.1 Å². The van der Waals surface area contributed by atoms with E-state index in [2.05, 4.69) is 10.1 Å². The number of nitrogens with zero attached hydrogens (tertiary/aromatic N) is 1. The first kappa shape index (κ1) is 26.6. The maximum Gasteiger partial charge on any atom is 0.422 e. The molecule has 6 atom stereocenters. The first-order valence-corrected chi connectivity index (χ1v) is 11.9. The van der Waals surface area contributed by atoms with E-state index in [0.717, 1.165) is 6.08 Å². The highest BCUT2D eigenvalue weighted by Crippen LogP contribution is 2.55. The van der Waals surface area contributed by atoms with Crippen molar-refractivity contribution >= 4 is 23.9 Å². The van der Waals surface area contributed by atoms with Gasteiger partial charge in [0.05, 0.1) is 13.2 Å². The zero-order chi connectivity index (χ0) is 27.1. The van der Waals surface area contributed by atoms with Gasteiger partial charge in [-0.3, -0.25) is 14.4 Å². The number of hydrogen-bond donors (Lipinski definition) is 2. The quantitative estimate of drug-likeness (QED) is 0.353. The molecule has 0 radical (unpaired) electrons. The molecule has 4 aliphatic rings. The van der Waals surface area contributed by atoms with Gasteiger partial charge in [-0.15, -0.1) is 0 Å². The van der Waals surface area contributed by atoms with Gasteiger partial charge in [0.1, 0.15) is 36.6 Å². The number of rotatable bonds is 8. The molecule has 3 saturated heterocycles. The van der Waals surface area contributed by atoms with Crippen LogP contribution in [0.1, 0.15) is 17.5 Å². The van der Waals surface area contributed by atoms with Crippen LogP contribution >= 0.6 is 0 Å². The minimum Gasteiger partial charge on any atom is -0.458 e. The van der Waals surface area contributed by atoms with Crippen LogP contribution in [0.4, 0.5) is 13.2 Å². The second kappa shape index (κ2) is 10.3. The zero-order valence-corrected chi connectivity index (χ0v) is 19.9. The van der Waals surface area contributed by atoms with Gasteiger partial charge in [-0.2, -0.15) is 18.2 Å². The van der Waals surface area contributed by atoms with Crippen molar-refractivity contribution in [2.45, 2.75) is 49.6 Å². The van der Waals surface area contributed by atoms with E-state index < -0.39 is 66.5 Å². The topological polar surface area (TPSA) is 133 Å². The maximum atomic E-state index is 13.4. The van der Waals surface area contributed by atoms with Crippen molar-refractivity contribution in [3.8, 4) is 0 Å². The molecule has 11 nitrogen and oxygen atoms in total. The third-order valence-electron chi connectivity index (χ3n) is 6.97. The largest absolute Gasteiger partial charge is 0.458 e. The number of hydroxylamine groups is 2. The van der Waals surface area contributed by atoms with Crippen LogP contribution in [0.5, 0.6) is 0 Å². The van der Waals surface area contributed by atoms with Crippen molar-refractivity contribution in [2.75, 3.05) is 26.6 Å². The summed E-state index contributed by atoms with van der Waals surface area (Å²) in [7, 11) is 0. The Labute approximate surface area is 214 Å². The number of hydrogen-bond acceptors (Lipinski definition) is 10. The normalized spacial score (nSPS) is 32.2. The van der Waals surface area contributed by atoms with E-state index in [9.17, 15) is 32.7 Å². The maximum absolute atomic E-state index is 13.4. The molecule has 0 aromatic heterocycles. The summed E-state index contributed by atoms with van der Waals surface area (Å²) in [6.07, 6.45) is -5.10. The summed E-state index contributed by atoms with van der Waals surface area (Å²) in [5.74, 6) is -2.27. The van der Waals surface area contributed by atoms with E-state index in [-0.39, 0.29) is 32.9 Å². The Bertz CT molecular complexity index is 1130. The van der Waals surface area contributed by atoms with Crippen LogP contribution in [0.2, 0.25) is 0 Å². The highest BCUT2D eigenvalue weighted by atomic mass is 19.4. The second-order valence-electron chi connectivity index (χ2n) is 9.38. The number of ether oxygens (including phenoxy) is 4. The Kier molecular flexibility index (Phi) is 7.17. The van der Waals surface area contributed by atoms with Crippen molar-refractivity contribution in [1.82, 2.24) is 10.4 Å². The Hall–Kier alpha value is -3.04. The van der Waals surface area contributed by atoms with E-state index in [1.54, 1.807) is 24.3 Å². The number of halogens is 3. The van der Waals surface area contributed by atoms with Crippen LogP contribution in [0.3, 0.4) is 0 Å². The smallest absolute Gasteiger partial charge is 0.422 e. The summed E-state index contributed by atoms with van der Waals surface area (Å²) in [5, 5.41) is 13.3. The molecule has 14 heteroatoms. The number of alkyl halides is 3. The van der Waals surface area contributed by atoms with Crippen LogP contribution in [0.15, 0.2) is 30.3 Å². The summed E-state index contributed by atoms with van der Waals surface area (Å²) < 4.78 is 57.9. The van der Waals surface area contributed by atoms with Crippen molar-refractivity contribution in [3.05, 3.63) is 41.5 Å². The molecule has 1 aliphatic carbocycles. The summed E-state index contributed by atoms with van der Waals surface area (Å²) in [5.41, 5.74) is -0.239. The monoisotopic (exact) mass is 542 g/mol. The molecule has 2 N–H and O–H groups in total. The zero-order valence-electron chi connectivity index (χ0n) is 19.9. The molecule has 5 rings (SSSR count). The van der Waals surface area contributed by atoms with Crippen LogP contribution in [-0.4, -0.2) is 91.2 Å². The molecule has 1 aromatic rings. The van der Waals surface area contributed by atoms with E-state index in [4.69, 9.17) is 19.0 Å². The van der Waals surface area contributed by atoms with Crippen LogP contribution in [0.25, 0.3) is 6.08 Å². The lowest BCUT2D eigenvalue weighted by atomic mass is 9.62. The number of fused-ring (bicyclic) bond motifs is 4. The van der Waals surface area contributed by atoms with E-state index in [1.807, 2.05) is 0 Å². The third-order valence-corrected chi connectivity index (χ3v) is 6.97. The summed E-state index contributed by atoms with van der Waals surface area (Å²) in [6.45, 7) is -1.99. The molecule has 1 amide bonds. The van der Waals surface area contributed by atoms with Gasteiger partial charge in [0.25, 0.3) is 0 Å². The number of carbonyl (C=O) groups is 3. The molecular formula is C24H25F3N2O9. The highest BCUT2D eigenvalue weighted by Gasteiger charge is 2.74. The van der Waals surface area contributed by atoms with E-state index >= 15 is 0 Å². The lowest BCUT2D eigenvalue weighted by Crippen LogP contribution is -2.69. The molecule has 206 valence electrons. The van der Waals surface area contributed by atoms with Crippen molar-refractivity contribution in [3.63, 3.8) is 0 Å². The lowest BCUT2D eigenvalue weighted by Gasteiger charge is -2.48. The fraction of sp³-hybridized carbons (Fsp3) is 0.542. The Morgan fingerprint density at radius 2 is 2.05 bits per heavy atom. The predicted octanol–water partition coefficient (Wildman–Crippen LogP) is 0.455. The van der Waals surface area contributed by atoms with Crippen LogP contribution in [0, 0.1) is 5.41 Å². The molecule has 4 fully saturated rings. The number of benzene rings is 1. The molecule has 2 bridgehead atoms. The lowest BCUT2D eigenvalue weighted by molar-refractivity contribution is -0.201.